The lowest BCUT2D eigenvalue weighted by Gasteiger charge is -2.28. The molecule has 0 aliphatic carbocycles. The summed E-state index contributed by atoms with van der Waals surface area (Å²) in [7, 11) is -2.20. The number of anilines is 2. The number of benzene rings is 1. The minimum Gasteiger partial charge on any atom is -0.495 e. The first-order valence-electron chi connectivity index (χ1n) is 9.47. The van der Waals surface area contributed by atoms with Crippen LogP contribution in [0.3, 0.4) is 0 Å². The van der Waals surface area contributed by atoms with Gasteiger partial charge in [0.25, 0.3) is 0 Å². The third kappa shape index (κ3) is 5.11. The van der Waals surface area contributed by atoms with Crippen LogP contribution in [-0.4, -0.2) is 51.7 Å². The van der Waals surface area contributed by atoms with Gasteiger partial charge in [0.2, 0.25) is 10.0 Å². The Morgan fingerprint density at radius 1 is 1.11 bits per heavy atom. The Morgan fingerprint density at radius 2 is 1.86 bits per heavy atom. The van der Waals surface area contributed by atoms with Crippen LogP contribution in [0.2, 0.25) is 0 Å². The first kappa shape index (κ1) is 20.3. The normalized spacial score (nSPS) is 14.7. The highest BCUT2D eigenvalue weighted by Gasteiger charge is 2.18. The van der Waals surface area contributed by atoms with Crippen LogP contribution in [-0.2, 0) is 10.0 Å². The monoisotopic (exact) mass is 405 g/mol. The molecule has 0 radical (unpaired) electrons. The van der Waals surface area contributed by atoms with Crippen LogP contribution in [0.1, 0.15) is 25.1 Å². The quantitative estimate of drug-likeness (QED) is 0.650. The van der Waals surface area contributed by atoms with Crippen molar-refractivity contribution in [1.29, 1.82) is 0 Å². The summed E-state index contributed by atoms with van der Waals surface area (Å²) < 4.78 is 32.7. The minimum absolute atomic E-state index is 0.128. The molecule has 2 aromatic rings. The molecule has 1 fully saturated rings. The van der Waals surface area contributed by atoms with Crippen LogP contribution in [0, 0.1) is 6.92 Å². The molecular weight excluding hydrogens is 378 g/mol. The molecule has 28 heavy (non-hydrogen) atoms. The number of hydrogen-bond acceptors (Lipinski definition) is 7. The second kappa shape index (κ2) is 9.20. The van der Waals surface area contributed by atoms with Gasteiger partial charge in [0, 0.05) is 32.2 Å². The second-order valence-electron chi connectivity index (χ2n) is 6.68. The van der Waals surface area contributed by atoms with Crippen molar-refractivity contribution in [1.82, 2.24) is 14.7 Å². The zero-order valence-electron chi connectivity index (χ0n) is 16.3. The second-order valence-corrected chi connectivity index (χ2v) is 8.42. The molecule has 2 heterocycles. The number of aryl methyl sites for hydroxylation is 1. The van der Waals surface area contributed by atoms with Crippen LogP contribution in [0.15, 0.2) is 35.2 Å². The van der Waals surface area contributed by atoms with E-state index in [2.05, 4.69) is 24.9 Å². The van der Waals surface area contributed by atoms with Crippen LogP contribution < -0.4 is 19.7 Å². The zero-order chi connectivity index (χ0) is 20.0. The van der Waals surface area contributed by atoms with Gasteiger partial charge in [0.05, 0.1) is 7.11 Å². The van der Waals surface area contributed by atoms with Gasteiger partial charge < -0.3 is 15.0 Å². The van der Waals surface area contributed by atoms with E-state index in [1.54, 1.807) is 18.2 Å². The number of piperidine rings is 1. The standard InChI is InChI=1S/C19H27N5O3S/c1-15-22-18(14-19(23-15)24-12-6-3-7-13-24)20-10-11-21-28(25,26)17-9-5-4-8-16(17)27-2/h4-5,8-9,14,21H,3,6-7,10-13H2,1-2H3,(H,20,22,23). The van der Waals surface area contributed by atoms with Crippen molar-refractivity contribution in [3.8, 4) is 5.75 Å². The molecule has 1 aromatic heterocycles. The third-order valence-electron chi connectivity index (χ3n) is 4.59. The summed E-state index contributed by atoms with van der Waals surface area (Å²) in [6.07, 6.45) is 3.62. The smallest absolute Gasteiger partial charge is 0.244 e. The summed E-state index contributed by atoms with van der Waals surface area (Å²) in [5.41, 5.74) is 0. The fourth-order valence-electron chi connectivity index (χ4n) is 3.22. The molecular formula is C19H27N5O3S. The molecule has 1 aromatic carbocycles. The number of aromatic nitrogens is 2. The van der Waals surface area contributed by atoms with Gasteiger partial charge in [0.15, 0.2) is 0 Å². The van der Waals surface area contributed by atoms with Gasteiger partial charge in [-0.3, -0.25) is 0 Å². The maximum Gasteiger partial charge on any atom is 0.244 e. The van der Waals surface area contributed by atoms with E-state index < -0.39 is 10.0 Å². The molecule has 9 heteroatoms. The van der Waals surface area contributed by atoms with Gasteiger partial charge in [-0.1, -0.05) is 12.1 Å². The largest absolute Gasteiger partial charge is 0.495 e. The van der Waals surface area contributed by atoms with E-state index in [0.29, 0.717) is 23.9 Å². The average molecular weight is 406 g/mol. The van der Waals surface area contributed by atoms with Gasteiger partial charge in [-0.05, 0) is 38.3 Å². The number of rotatable bonds is 8. The summed E-state index contributed by atoms with van der Waals surface area (Å²) in [5.74, 6) is 2.63. The van der Waals surface area contributed by atoms with Crippen LogP contribution in [0.25, 0.3) is 0 Å². The van der Waals surface area contributed by atoms with Crippen molar-refractivity contribution in [2.75, 3.05) is 43.5 Å². The number of ether oxygens (including phenoxy) is 1. The van der Waals surface area contributed by atoms with Gasteiger partial charge in [-0.25, -0.2) is 23.1 Å². The Morgan fingerprint density at radius 3 is 2.61 bits per heavy atom. The van der Waals surface area contributed by atoms with E-state index in [0.717, 1.165) is 18.9 Å². The molecule has 0 spiro atoms. The van der Waals surface area contributed by atoms with Crippen molar-refractivity contribution in [3.05, 3.63) is 36.2 Å². The Hall–Kier alpha value is -2.39. The fraction of sp³-hybridized carbons (Fsp3) is 0.474. The lowest BCUT2D eigenvalue weighted by Crippen LogP contribution is -2.31. The molecule has 1 aliphatic rings. The summed E-state index contributed by atoms with van der Waals surface area (Å²) >= 11 is 0. The lowest BCUT2D eigenvalue weighted by molar-refractivity contribution is 0.402. The molecule has 2 N–H and O–H groups in total. The van der Waals surface area contributed by atoms with E-state index in [4.69, 9.17) is 4.74 Å². The van der Waals surface area contributed by atoms with E-state index in [9.17, 15) is 8.42 Å². The fourth-order valence-corrected chi connectivity index (χ4v) is 4.42. The summed E-state index contributed by atoms with van der Waals surface area (Å²) in [6.45, 7) is 4.51. The Balaban J connectivity index is 1.58. The van der Waals surface area contributed by atoms with Crippen molar-refractivity contribution >= 4 is 21.7 Å². The van der Waals surface area contributed by atoms with Crippen molar-refractivity contribution in [2.24, 2.45) is 0 Å². The number of nitrogens with zero attached hydrogens (tertiary/aromatic N) is 3. The van der Waals surface area contributed by atoms with Crippen LogP contribution in [0.5, 0.6) is 5.75 Å². The van der Waals surface area contributed by atoms with Crippen LogP contribution >= 0.6 is 0 Å². The number of hydrogen-bond donors (Lipinski definition) is 2. The van der Waals surface area contributed by atoms with Gasteiger partial charge in [-0.15, -0.1) is 0 Å². The van der Waals surface area contributed by atoms with Crippen molar-refractivity contribution in [2.45, 2.75) is 31.1 Å². The number of sulfonamides is 1. The Bertz CT molecular complexity index is 898. The maximum absolute atomic E-state index is 12.5. The molecule has 0 unspecified atom stereocenters. The Kier molecular flexibility index (Phi) is 6.69. The van der Waals surface area contributed by atoms with Crippen molar-refractivity contribution < 1.29 is 13.2 Å². The molecule has 0 bridgehead atoms. The zero-order valence-corrected chi connectivity index (χ0v) is 17.1. The molecule has 1 saturated heterocycles. The highest BCUT2D eigenvalue weighted by Crippen LogP contribution is 2.22. The number of para-hydroxylation sites is 1. The van der Waals surface area contributed by atoms with Gasteiger partial charge in [-0.2, -0.15) is 0 Å². The molecule has 8 nitrogen and oxygen atoms in total. The highest BCUT2D eigenvalue weighted by molar-refractivity contribution is 7.89. The van der Waals surface area contributed by atoms with Crippen molar-refractivity contribution in [3.63, 3.8) is 0 Å². The minimum atomic E-state index is -3.65. The molecule has 0 saturated carbocycles. The molecule has 3 rings (SSSR count). The van der Waals surface area contributed by atoms with E-state index >= 15 is 0 Å². The Labute approximate surface area is 166 Å². The predicted octanol–water partition coefficient (Wildman–Crippen LogP) is 2.17. The third-order valence-corrected chi connectivity index (χ3v) is 6.09. The number of methoxy groups -OCH3 is 1. The van der Waals surface area contributed by atoms with Gasteiger partial charge in [0.1, 0.15) is 28.1 Å². The van der Waals surface area contributed by atoms with E-state index in [1.165, 1.54) is 32.4 Å². The first-order valence-corrected chi connectivity index (χ1v) is 10.9. The average Bonchev–Trinajstić information content (AvgIpc) is 2.71. The first-order chi connectivity index (χ1) is 13.5. The molecule has 0 amide bonds. The van der Waals surface area contributed by atoms with Gasteiger partial charge >= 0.3 is 0 Å². The summed E-state index contributed by atoms with van der Waals surface area (Å²) in [6, 6.07) is 8.47. The molecule has 0 atom stereocenters. The molecule has 1 aliphatic heterocycles. The maximum atomic E-state index is 12.5. The van der Waals surface area contributed by atoms with Crippen LogP contribution in [0.4, 0.5) is 11.6 Å². The SMILES string of the molecule is COc1ccccc1S(=O)(=O)NCCNc1cc(N2CCCCC2)nc(C)n1. The summed E-state index contributed by atoms with van der Waals surface area (Å²) in [5, 5.41) is 3.18. The summed E-state index contributed by atoms with van der Waals surface area (Å²) in [4.78, 5) is 11.3. The number of nitrogens with one attached hydrogen (secondary N) is 2. The predicted molar refractivity (Wildman–Crippen MR) is 110 cm³/mol. The van der Waals surface area contributed by atoms with E-state index in [1.807, 2.05) is 13.0 Å². The topological polar surface area (TPSA) is 96.5 Å². The molecule has 152 valence electrons. The van der Waals surface area contributed by atoms with E-state index in [-0.39, 0.29) is 11.4 Å². The lowest BCUT2D eigenvalue weighted by atomic mass is 10.1. The highest BCUT2D eigenvalue weighted by atomic mass is 32.2.